The van der Waals surface area contributed by atoms with Gasteiger partial charge in [0, 0.05) is 17.1 Å². The van der Waals surface area contributed by atoms with E-state index in [4.69, 9.17) is 11.6 Å². The summed E-state index contributed by atoms with van der Waals surface area (Å²) in [5, 5.41) is 3.03. The van der Waals surface area contributed by atoms with Crippen LogP contribution in [-0.4, -0.2) is 12.6 Å². The van der Waals surface area contributed by atoms with E-state index in [1.165, 1.54) is 16.9 Å². The van der Waals surface area contributed by atoms with E-state index < -0.39 is 0 Å². The predicted molar refractivity (Wildman–Crippen MR) is 83.8 cm³/mol. The summed E-state index contributed by atoms with van der Waals surface area (Å²) < 4.78 is 0.743. The molecule has 0 spiro atoms. The van der Waals surface area contributed by atoms with Gasteiger partial charge in [0.1, 0.15) is 0 Å². The fourth-order valence-corrected chi connectivity index (χ4v) is 3.51. The van der Waals surface area contributed by atoms with Crippen molar-refractivity contribution in [2.45, 2.75) is 19.4 Å². The molecule has 2 aromatic rings. The Hall–Kier alpha value is -1.52. The monoisotopic (exact) mass is 306 g/mol. The van der Waals surface area contributed by atoms with Crippen LogP contribution in [0.2, 0.25) is 4.34 Å². The van der Waals surface area contributed by atoms with Gasteiger partial charge in [0.2, 0.25) is 0 Å². The third-order valence-corrected chi connectivity index (χ3v) is 4.91. The van der Waals surface area contributed by atoms with Crippen LogP contribution in [0.15, 0.2) is 36.4 Å². The molecular weight excluding hydrogens is 292 g/mol. The van der Waals surface area contributed by atoms with Crippen molar-refractivity contribution in [3.05, 3.63) is 51.2 Å². The number of anilines is 1. The molecule has 1 atom stereocenters. The lowest BCUT2D eigenvalue weighted by Gasteiger charge is -2.21. The van der Waals surface area contributed by atoms with Crippen LogP contribution < -0.4 is 10.2 Å². The first-order chi connectivity index (χ1) is 9.65. The van der Waals surface area contributed by atoms with E-state index in [1.807, 2.05) is 37.3 Å². The molecule has 1 unspecified atom stereocenters. The van der Waals surface area contributed by atoms with Crippen molar-refractivity contribution in [1.82, 2.24) is 5.32 Å². The number of carbonyl (C=O) groups excluding carboxylic acids is 1. The first-order valence-electron chi connectivity index (χ1n) is 6.56. The number of fused-ring (bicyclic) bond motifs is 1. The lowest BCUT2D eigenvalue weighted by Crippen LogP contribution is -2.40. The number of halogens is 1. The summed E-state index contributed by atoms with van der Waals surface area (Å²) >= 11 is 7.43. The number of carbonyl (C=O) groups is 1. The van der Waals surface area contributed by atoms with Gasteiger partial charge in [0.15, 0.2) is 0 Å². The molecule has 1 aromatic heterocycles. The maximum Gasteiger partial charge on any atom is 0.322 e. The Labute approximate surface area is 127 Å². The van der Waals surface area contributed by atoms with Crippen LogP contribution >= 0.6 is 22.9 Å². The highest BCUT2D eigenvalue weighted by molar-refractivity contribution is 7.16. The van der Waals surface area contributed by atoms with Gasteiger partial charge in [-0.15, -0.1) is 11.3 Å². The Kier molecular flexibility index (Phi) is 3.68. The second-order valence-electron chi connectivity index (χ2n) is 4.84. The van der Waals surface area contributed by atoms with Crippen LogP contribution in [0, 0.1) is 0 Å². The van der Waals surface area contributed by atoms with E-state index in [2.05, 4.69) is 11.4 Å². The third-order valence-electron chi connectivity index (χ3n) is 3.49. The van der Waals surface area contributed by atoms with Crippen molar-refractivity contribution < 1.29 is 4.79 Å². The number of nitrogens with zero attached hydrogens (tertiary/aromatic N) is 1. The number of urea groups is 1. The average molecular weight is 307 g/mol. The minimum atomic E-state index is -0.0491. The maximum atomic E-state index is 12.4. The molecule has 20 heavy (non-hydrogen) atoms. The second kappa shape index (κ2) is 5.46. The Balaban J connectivity index is 1.72. The molecule has 1 N–H and O–H groups in total. The van der Waals surface area contributed by atoms with Gasteiger partial charge in [-0.05, 0) is 37.1 Å². The van der Waals surface area contributed by atoms with E-state index in [0.717, 1.165) is 27.9 Å². The highest BCUT2D eigenvalue weighted by Gasteiger charge is 2.25. The maximum absolute atomic E-state index is 12.4. The van der Waals surface area contributed by atoms with Gasteiger partial charge >= 0.3 is 6.03 Å². The molecule has 0 saturated heterocycles. The Morgan fingerprint density at radius 1 is 1.35 bits per heavy atom. The van der Waals surface area contributed by atoms with Crippen molar-refractivity contribution in [1.29, 1.82) is 0 Å². The Bertz CT molecular complexity index is 640. The Morgan fingerprint density at radius 2 is 2.15 bits per heavy atom. The molecule has 2 heterocycles. The summed E-state index contributed by atoms with van der Waals surface area (Å²) in [5.41, 5.74) is 2.25. The van der Waals surface area contributed by atoms with Crippen molar-refractivity contribution in [2.24, 2.45) is 0 Å². The highest BCUT2D eigenvalue weighted by Crippen LogP contribution is 2.29. The minimum Gasteiger partial charge on any atom is -0.330 e. The van der Waals surface area contributed by atoms with Gasteiger partial charge in [-0.3, -0.25) is 4.90 Å². The zero-order valence-electron chi connectivity index (χ0n) is 11.1. The standard InChI is InChI=1S/C15H15ClN2OS/c1-10(13-6-7-14(16)20-13)17-15(19)18-9-8-11-4-2-3-5-12(11)18/h2-7,10H,8-9H2,1H3,(H,17,19). The molecular formula is C15H15ClN2OS. The lowest BCUT2D eigenvalue weighted by atomic mass is 10.2. The van der Waals surface area contributed by atoms with E-state index in [0.29, 0.717) is 0 Å². The van der Waals surface area contributed by atoms with Gasteiger partial charge in [-0.2, -0.15) is 0 Å². The van der Waals surface area contributed by atoms with Crippen LogP contribution in [0.25, 0.3) is 0 Å². The van der Waals surface area contributed by atoms with Crippen LogP contribution in [0.4, 0.5) is 10.5 Å². The van der Waals surface area contributed by atoms with Gasteiger partial charge in [-0.25, -0.2) is 4.79 Å². The summed E-state index contributed by atoms with van der Waals surface area (Å²) in [6.45, 7) is 2.71. The van der Waals surface area contributed by atoms with E-state index in [1.54, 1.807) is 4.90 Å². The molecule has 0 saturated carbocycles. The lowest BCUT2D eigenvalue weighted by molar-refractivity contribution is 0.244. The SMILES string of the molecule is CC(NC(=O)N1CCc2ccccc21)c1ccc(Cl)s1. The van der Waals surface area contributed by atoms with Crippen molar-refractivity contribution in [2.75, 3.05) is 11.4 Å². The van der Waals surface area contributed by atoms with Gasteiger partial charge in [0.25, 0.3) is 0 Å². The normalized spacial score (nSPS) is 15.0. The highest BCUT2D eigenvalue weighted by atomic mass is 35.5. The van der Waals surface area contributed by atoms with Crippen molar-refractivity contribution in [3.63, 3.8) is 0 Å². The molecule has 104 valence electrons. The fourth-order valence-electron chi connectivity index (χ4n) is 2.44. The summed E-state index contributed by atoms with van der Waals surface area (Å²) in [7, 11) is 0. The molecule has 1 aromatic carbocycles. The molecule has 3 rings (SSSR count). The van der Waals surface area contributed by atoms with Crippen molar-refractivity contribution >= 4 is 34.7 Å². The zero-order chi connectivity index (χ0) is 14.1. The molecule has 0 radical (unpaired) electrons. The largest absolute Gasteiger partial charge is 0.330 e. The quantitative estimate of drug-likeness (QED) is 0.884. The number of para-hydroxylation sites is 1. The smallest absolute Gasteiger partial charge is 0.322 e. The van der Waals surface area contributed by atoms with E-state index in [-0.39, 0.29) is 12.1 Å². The van der Waals surface area contributed by atoms with Gasteiger partial charge in [-0.1, -0.05) is 29.8 Å². The molecule has 0 fully saturated rings. The molecule has 0 aliphatic carbocycles. The molecule has 2 amide bonds. The zero-order valence-corrected chi connectivity index (χ0v) is 12.7. The second-order valence-corrected chi connectivity index (χ2v) is 6.59. The topological polar surface area (TPSA) is 32.3 Å². The van der Waals surface area contributed by atoms with Crippen LogP contribution in [0.1, 0.15) is 23.4 Å². The van der Waals surface area contributed by atoms with Gasteiger partial charge in [0.05, 0.1) is 10.4 Å². The number of hydrogen-bond donors (Lipinski definition) is 1. The van der Waals surface area contributed by atoms with E-state index in [9.17, 15) is 4.79 Å². The van der Waals surface area contributed by atoms with Crippen LogP contribution in [0.3, 0.4) is 0 Å². The number of hydrogen-bond acceptors (Lipinski definition) is 2. The predicted octanol–water partition coefficient (Wildman–Crippen LogP) is 4.23. The minimum absolute atomic E-state index is 0.0345. The number of benzene rings is 1. The molecule has 3 nitrogen and oxygen atoms in total. The first kappa shape index (κ1) is 13.5. The first-order valence-corrected chi connectivity index (χ1v) is 7.76. The number of thiophene rings is 1. The number of rotatable bonds is 2. The van der Waals surface area contributed by atoms with Crippen LogP contribution in [-0.2, 0) is 6.42 Å². The van der Waals surface area contributed by atoms with E-state index >= 15 is 0 Å². The molecule has 0 bridgehead atoms. The molecule has 1 aliphatic rings. The van der Waals surface area contributed by atoms with Crippen molar-refractivity contribution in [3.8, 4) is 0 Å². The van der Waals surface area contributed by atoms with Crippen LogP contribution in [0.5, 0.6) is 0 Å². The number of nitrogens with one attached hydrogen (secondary N) is 1. The number of amides is 2. The summed E-state index contributed by atoms with van der Waals surface area (Å²) in [6, 6.07) is 11.8. The summed E-state index contributed by atoms with van der Waals surface area (Å²) in [5.74, 6) is 0. The summed E-state index contributed by atoms with van der Waals surface area (Å²) in [6.07, 6.45) is 0.919. The summed E-state index contributed by atoms with van der Waals surface area (Å²) in [4.78, 5) is 15.3. The Morgan fingerprint density at radius 3 is 2.90 bits per heavy atom. The molecule has 5 heteroatoms. The molecule has 1 aliphatic heterocycles. The van der Waals surface area contributed by atoms with Gasteiger partial charge < -0.3 is 5.32 Å². The fraction of sp³-hybridized carbons (Fsp3) is 0.267. The third kappa shape index (κ3) is 2.53. The average Bonchev–Trinajstić information content (AvgIpc) is 3.04.